The SMILES string of the molecule is Cc1ccc(-c2nnc(-c3ccc(C(F)(F)F)c(F)c3)n2-c2ccccc2)cc1F. The van der Waals surface area contributed by atoms with Gasteiger partial charge in [-0.2, -0.15) is 13.2 Å². The van der Waals surface area contributed by atoms with Gasteiger partial charge in [0.1, 0.15) is 11.6 Å². The summed E-state index contributed by atoms with van der Waals surface area (Å²) >= 11 is 0. The highest BCUT2D eigenvalue weighted by molar-refractivity contribution is 5.67. The van der Waals surface area contributed by atoms with Crippen LogP contribution in [0.5, 0.6) is 0 Å². The number of hydrogen-bond acceptors (Lipinski definition) is 2. The molecule has 3 nitrogen and oxygen atoms in total. The lowest BCUT2D eigenvalue weighted by Crippen LogP contribution is -2.08. The average Bonchev–Trinajstić information content (AvgIpc) is 3.15. The number of nitrogens with zero attached hydrogens (tertiary/aromatic N) is 3. The monoisotopic (exact) mass is 415 g/mol. The highest BCUT2D eigenvalue weighted by Crippen LogP contribution is 2.35. The Balaban J connectivity index is 1.92. The fourth-order valence-electron chi connectivity index (χ4n) is 3.10. The second-order valence-corrected chi connectivity index (χ2v) is 6.67. The third-order valence-corrected chi connectivity index (χ3v) is 4.64. The summed E-state index contributed by atoms with van der Waals surface area (Å²) in [6.07, 6.45) is -4.81. The number of aryl methyl sites for hydroxylation is 1. The van der Waals surface area contributed by atoms with Gasteiger partial charge in [-0.05, 0) is 42.8 Å². The largest absolute Gasteiger partial charge is 0.419 e. The lowest BCUT2D eigenvalue weighted by Gasteiger charge is -2.13. The van der Waals surface area contributed by atoms with Crippen LogP contribution in [0.15, 0.2) is 66.7 Å². The molecule has 0 radical (unpaired) electrons. The zero-order valence-electron chi connectivity index (χ0n) is 15.6. The summed E-state index contributed by atoms with van der Waals surface area (Å²) in [5, 5.41) is 8.18. The lowest BCUT2D eigenvalue weighted by atomic mass is 10.1. The van der Waals surface area contributed by atoms with Crippen molar-refractivity contribution in [2.75, 3.05) is 0 Å². The number of aromatic nitrogens is 3. The summed E-state index contributed by atoms with van der Waals surface area (Å²) in [5.41, 5.74) is 0.213. The minimum atomic E-state index is -4.81. The highest BCUT2D eigenvalue weighted by atomic mass is 19.4. The molecule has 0 amide bonds. The quantitative estimate of drug-likeness (QED) is 0.373. The van der Waals surface area contributed by atoms with Crippen molar-refractivity contribution in [3.05, 3.63) is 89.5 Å². The second kappa shape index (κ2) is 7.37. The van der Waals surface area contributed by atoms with Crippen molar-refractivity contribution in [2.24, 2.45) is 0 Å². The van der Waals surface area contributed by atoms with Crippen LogP contribution in [-0.4, -0.2) is 14.8 Å². The fourth-order valence-corrected chi connectivity index (χ4v) is 3.10. The fraction of sp³-hybridized carbons (Fsp3) is 0.0909. The van der Waals surface area contributed by atoms with E-state index in [1.807, 2.05) is 0 Å². The molecule has 0 aliphatic heterocycles. The zero-order chi connectivity index (χ0) is 21.5. The van der Waals surface area contributed by atoms with E-state index in [4.69, 9.17) is 0 Å². The van der Waals surface area contributed by atoms with Gasteiger partial charge in [0.25, 0.3) is 0 Å². The molecule has 0 atom stereocenters. The first kappa shape index (κ1) is 19.8. The van der Waals surface area contributed by atoms with Gasteiger partial charge in [0.2, 0.25) is 0 Å². The first-order chi connectivity index (χ1) is 14.3. The van der Waals surface area contributed by atoms with Crippen molar-refractivity contribution in [2.45, 2.75) is 13.1 Å². The lowest BCUT2D eigenvalue weighted by molar-refractivity contribution is -0.139. The van der Waals surface area contributed by atoms with Gasteiger partial charge in [0, 0.05) is 16.8 Å². The molecule has 0 aliphatic carbocycles. The Hall–Kier alpha value is -3.55. The molecular weight excluding hydrogens is 401 g/mol. The Morgan fingerprint density at radius 1 is 0.733 bits per heavy atom. The van der Waals surface area contributed by atoms with E-state index in [1.165, 1.54) is 6.07 Å². The molecule has 30 heavy (non-hydrogen) atoms. The molecular formula is C22H14F5N3. The number of benzene rings is 3. The molecule has 1 heterocycles. The van der Waals surface area contributed by atoms with Gasteiger partial charge in [-0.3, -0.25) is 4.57 Å². The van der Waals surface area contributed by atoms with Gasteiger partial charge in [0.05, 0.1) is 5.56 Å². The normalized spacial score (nSPS) is 11.7. The molecule has 0 fully saturated rings. The third-order valence-electron chi connectivity index (χ3n) is 4.64. The van der Waals surface area contributed by atoms with Gasteiger partial charge in [0.15, 0.2) is 11.6 Å². The molecule has 0 saturated carbocycles. The zero-order valence-corrected chi connectivity index (χ0v) is 15.6. The third kappa shape index (κ3) is 3.56. The van der Waals surface area contributed by atoms with Crippen molar-refractivity contribution >= 4 is 0 Å². The maximum absolute atomic E-state index is 14.2. The van der Waals surface area contributed by atoms with E-state index in [9.17, 15) is 22.0 Å². The number of halogens is 5. The summed E-state index contributed by atoms with van der Waals surface area (Å²) < 4.78 is 68.6. The van der Waals surface area contributed by atoms with Crippen molar-refractivity contribution < 1.29 is 22.0 Å². The van der Waals surface area contributed by atoms with Gasteiger partial charge in [-0.1, -0.05) is 36.4 Å². The Bertz CT molecular complexity index is 1210. The van der Waals surface area contributed by atoms with Crippen LogP contribution in [0.25, 0.3) is 28.5 Å². The maximum atomic E-state index is 14.2. The smallest absolute Gasteiger partial charge is 0.275 e. The molecule has 0 N–H and O–H groups in total. The van der Waals surface area contributed by atoms with Crippen LogP contribution in [0.2, 0.25) is 0 Å². The minimum absolute atomic E-state index is 0.107. The average molecular weight is 415 g/mol. The van der Waals surface area contributed by atoms with E-state index in [-0.39, 0.29) is 17.2 Å². The minimum Gasteiger partial charge on any atom is -0.275 e. The van der Waals surface area contributed by atoms with E-state index in [0.29, 0.717) is 22.9 Å². The van der Waals surface area contributed by atoms with Crippen molar-refractivity contribution in [1.29, 1.82) is 0 Å². The molecule has 4 rings (SSSR count). The Morgan fingerprint density at radius 2 is 1.30 bits per heavy atom. The molecule has 0 unspecified atom stereocenters. The van der Waals surface area contributed by atoms with E-state index in [0.717, 1.165) is 12.1 Å². The van der Waals surface area contributed by atoms with Gasteiger partial charge in [-0.25, -0.2) is 8.78 Å². The Kier molecular flexibility index (Phi) is 4.85. The van der Waals surface area contributed by atoms with Crippen LogP contribution in [-0.2, 0) is 6.18 Å². The van der Waals surface area contributed by atoms with Crippen molar-refractivity contribution in [1.82, 2.24) is 14.8 Å². The van der Waals surface area contributed by atoms with Crippen LogP contribution < -0.4 is 0 Å². The predicted octanol–water partition coefficient (Wildman–Crippen LogP) is 6.21. The van der Waals surface area contributed by atoms with E-state index in [2.05, 4.69) is 10.2 Å². The summed E-state index contributed by atoms with van der Waals surface area (Å²) in [6, 6.07) is 15.9. The van der Waals surface area contributed by atoms with Crippen molar-refractivity contribution in [3.8, 4) is 28.5 Å². The molecule has 0 spiro atoms. The van der Waals surface area contributed by atoms with Gasteiger partial charge >= 0.3 is 6.18 Å². The summed E-state index contributed by atoms with van der Waals surface area (Å²) in [5.74, 6) is -1.44. The van der Waals surface area contributed by atoms with Gasteiger partial charge < -0.3 is 0 Å². The van der Waals surface area contributed by atoms with E-state index < -0.39 is 23.4 Å². The van der Waals surface area contributed by atoms with Crippen LogP contribution >= 0.6 is 0 Å². The first-order valence-corrected chi connectivity index (χ1v) is 8.90. The first-order valence-electron chi connectivity index (χ1n) is 8.90. The summed E-state index contributed by atoms with van der Waals surface area (Å²) in [6.45, 7) is 1.62. The molecule has 1 aromatic heterocycles. The topological polar surface area (TPSA) is 30.7 Å². The predicted molar refractivity (Wildman–Crippen MR) is 102 cm³/mol. The highest BCUT2D eigenvalue weighted by Gasteiger charge is 2.34. The van der Waals surface area contributed by atoms with Crippen LogP contribution in [0, 0.1) is 18.6 Å². The Labute approximate surface area is 168 Å². The Morgan fingerprint density at radius 3 is 1.83 bits per heavy atom. The standard InChI is InChI=1S/C22H14F5N3/c1-13-7-8-14(11-18(13)23)20-28-29-21(30(20)16-5-3-2-4-6-16)15-9-10-17(19(24)12-15)22(25,26)27/h2-12H,1H3. The summed E-state index contributed by atoms with van der Waals surface area (Å²) in [7, 11) is 0. The van der Waals surface area contributed by atoms with Crippen LogP contribution in [0.3, 0.4) is 0 Å². The van der Waals surface area contributed by atoms with Gasteiger partial charge in [-0.15, -0.1) is 10.2 Å². The summed E-state index contributed by atoms with van der Waals surface area (Å²) in [4.78, 5) is 0. The second-order valence-electron chi connectivity index (χ2n) is 6.67. The molecule has 3 aromatic carbocycles. The molecule has 152 valence electrons. The number of alkyl halides is 3. The molecule has 8 heteroatoms. The van der Waals surface area contributed by atoms with Crippen LogP contribution in [0.4, 0.5) is 22.0 Å². The number of rotatable bonds is 3. The molecule has 4 aromatic rings. The van der Waals surface area contributed by atoms with E-state index >= 15 is 0 Å². The maximum Gasteiger partial charge on any atom is 0.419 e. The molecule has 0 aliphatic rings. The van der Waals surface area contributed by atoms with E-state index in [1.54, 1.807) is 54.0 Å². The molecule has 0 saturated heterocycles. The van der Waals surface area contributed by atoms with Crippen LogP contribution in [0.1, 0.15) is 11.1 Å². The van der Waals surface area contributed by atoms with Crippen molar-refractivity contribution in [3.63, 3.8) is 0 Å². The number of hydrogen-bond donors (Lipinski definition) is 0. The number of para-hydroxylation sites is 1. The molecule has 0 bridgehead atoms.